The van der Waals surface area contributed by atoms with E-state index in [0.29, 0.717) is 18.4 Å². The number of rotatable bonds is 4. The molecule has 0 radical (unpaired) electrons. The van der Waals surface area contributed by atoms with Crippen molar-refractivity contribution in [1.29, 1.82) is 0 Å². The summed E-state index contributed by atoms with van der Waals surface area (Å²) in [7, 11) is 3.53. The number of amides is 1. The van der Waals surface area contributed by atoms with Crippen molar-refractivity contribution in [1.82, 2.24) is 14.9 Å². The highest BCUT2D eigenvalue weighted by Gasteiger charge is 2.43. The Bertz CT molecular complexity index is 648. The molecule has 5 rings (SSSR count). The smallest absolute Gasteiger partial charge is 0.227 e. The first-order chi connectivity index (χ1) is 11.5. The van der Waals surface area contributed by atoms with E-state index in [4.69, 9.17) is 0 Å². The van der Waals surface area contributed by atoms with Crippen LogP contribution in [0.3, 0.4) is 0 Å². The highest BCUT2D eigenvalue weighted by atomic mass is 19.1. The molecule has 0 N–H and O–H groups in total. The van der Waals surface area contributed by atoms with Gasteiger partial charge in [0.25, 0.3) is 0 Å². The molecule has 7 heteroatoms. The molecule has 4 fully saturated rings. The number of carbonyl (C=O) groups is 1. The van der Waals surface area contributed by atoms with E-state index in [1.807, 2.05) is 0 Å². The highest BCUT2D eigenvalue weighted by Crippen LogP contribution is 2.36. The summed E-state index contributed by atoms with van der Waals surface area (Å²) in [6.07, 6.45) is 5.70. The molecule has 4 heterocycles. The third-order valence-electron chi connectivity index (χ3n) is 5.36. The predicted octanol–water partition coefficient (Wildman–Crippen LogP) is 1.52. The Morgan fingerprint density at radius 2 is 2.04 bits per heavy atom. The van der Waals surface area contributed by atoms with Gasteiger partial charge in [-0.2, -0.15) is 4.98 Å². The molecule has 1 amide bonds. The Hall–Kier alpha value is -1.92. The third kappa shape index (κ3) is 2.80. The van der Waals surface area contributed by atoms with E-state index in [9.17, 15) is 9.18 Å². The van der Waals surface area contributed by atoms with E-state index >= 15 is 0 Å². The van der Waals surface area contributed by atoms with Crippen LogP contribution in [-0.4, -0.2) is 60.5 Å². The fraction of sp³-hybridized carbons (Fsp3) is 0.706. The summed E-state index contributed by atoms with van der Waals surface area (Å²) in [5.41, 5.74) is 0. The van der Waals surface area contributed by atoms with Crippen LogP contribution in [-0.2, 0) is 4.79 Å². The first-order valence-corrected chi connectivity index (χ1v) is 8.78. The van der Waals surface area contributed by atoms with Crippen LogP contribution in [0.4, 0.5) is 16.2 Å². The average Bonchev–Trinajstić information content (AvgIpc) is 3.38. The minimum atomic E-state index is -0.423. The van der Waals surface area contributed by atoms with E-state index in [0.717, 1.165) is 25.9 Å². The van der Waals surface area contributed by atoms with Crippen molar-refractivity contribution >= 4 is 17.7 Å². The number of halogens is 1. The molecular weight excluding hydrogens is 309 g/mol. The molecule has 1 saturated carbocycles. The fourth-order valence-corrected chi connectivity index (χ4v) is 3.84. The van der Waals surface area contributed by atoms with Crippen LogP contribution in [0.15, 0.2) is 6.20 Å². The maximum atomic E-state index is 13.9. The number of hydrogen-bond donors (Lipinski definition) is 0. The monoisotopic (exact) mass is 333 g/mol. The van der Waals surface area contributed by atoms with E-state index in [-0.39, 0.29) is 23.7 Å². The van der Waals surface area contributed by atoms with Gasteiger partial charge in [-0.15, -0.1) is 0 Å². The quantitative estimate of drug-likeness (QED) is 0.836. The van der Waals surface area contributed by atoms with Crippen LogP contribution in [0.25, 0.3) is 0 Å². The van der Waals surface area contributed by atoms with Crippen molar-refractivity contribution in [2.24, 2.45) is 11.8 Å². The number of aromatic nitrogens is 2. The van der Waals surface area contributed by atoms with Gasteiger partial charge in [-0.1, -0.05) is 0 Å². The minimum absolute atomic E-state index is 0.0129. The molecule has 6 nitrogen and oxygen atoms in total. The van der Waals surface area contributed by atoms with Crippen molar-refractivity contribution < 1.29 is 9.18 Å². The maximum Gasteiger partial charge on any atom is 0.227 e. The number of fused-ring (bicyclic) bond motifs is 4. The molecule has 1 aromatic heterocycles. The SMILES string of the molecule is CN(C)c1nc(N2CC3CCC(C2)N(CC2CC2)C3=O)ncc1F. The summed E-state index contributed by atoms with van der Waals surface area (Å²) in [6.45, 7) is 2.28. The molecular formula is C17H24FN5O. The van der Waals surface area contributed by atoms with Crippen molar-refractivity contribution in [2.75, 3.05) is 43.5 Å². The molecule has 3 saturated heterocycles. The molecule has 4 aliphatic rings. The summed E-state index contributed by atoms with van der Waals surface area (Å²) in [5.74, 6) is 1.39. The zero-order chi connectivity index (χ0) is 16.8. The molecule has 1 aliphatic carbocycles. The zero-order valence-corrected chi connectivity index (χ0v) is 14.3. The lowest BCUT2D eigenvalue weighted by Gasteiger charge is -2.36. The van der Waals surface area contributed by atoms with Gasteiger partial charge in [-0.3, -0.25) is 4.79 Å². The molecule has 0 aromatic carbocycles. The molecule has 2 atom stereocenters. The standard InChI is InChI=1S/C17H24FN5O/c1-21(2)15-14(18)7-19-17(20-15)22-9-12-5-6-13(10-22)23(16(12)24)8-11-3-4-11/h7,11-13H,3-6,8-10H2,1-2H3. The zero-order valence-electron chi connectivity index (χ0n) is 14.3. The minimum Gasteiger partial charge on any atom is -0.360 e. The summed E-state index contributed by atoms with van der Waals surface area (Å²) in [6, 6.07) is 0.230. The van der Waals surface area contributed by atoms with Crippen LogP contribution in [0, 0.1) is 17.7 Å². The van der Waals surface area contributed by atoms with Crippen LogP contribution in [0.1, 0.15) is 25.7 Å². The lowest BCUT2D eigenvalue weighted by atomic mass is 9.94. The van der Waals surface area contributed by atoms with Gasteiger partial charge in [0.1, 0.15) is 0 Å². The van der Waals surface area contributed by atoms with Gasteiger partial charge in [0.2, 0.25) is 11.9 Å². The van der Waals surface area contributed by atoms with Gasteiger partial charge < -0.3 is 14.7 Å². The second-order valence-corrected chi connectivity index (χ2v) is 7.50. The van der Waals surface area contributed by atoms with Gasteiger partial charge in [0.15, 0.2) is 11.6 Å². The van der Waals surface area contributed by atoms with Gasteiger partial charge >= 0.3 is 0 Å². The Kier molecular flexibility index (Phi) is 3.81. The first kappa shape index (κ1) is 15.6. The maximum absolute atomic E-state index is 13.9. The Balaban J connectivity index is 1.59. The molecule has 1 aromatic rings. The Morgan fingerprint density at radius 3 is 2.75 bits per heavy atom. The van der Waals surface area contributed by atoms with Crippen LogP contribution in [0.5, 0.6) is 0 Å². The fourth-order valence-electron chi connectivity index (χ4n) is 3.84. The number of anilines is 2. The van der Waals surface area contributed by atoms with Gasteiger partial charge in [-0.25, -0.2) is 9.37 Å². The van der Waals surface area contributed by atoms with Crippen molar-refractivity contribution in [2.45, 2.75) is 31.7 Å². The molecule has 24 heavy (non-hydrogen) atoms. The number of nitrogens with zero attached hydrogens (tertiary/aromatic N) is 5. The van der Waals surface area contributed by atoms with Crippen LogP contribution >= 0.6 is 0 Å². The number of piperidine rings is 1. The second-order valence-electron chi connectivity index (χ2n) is 7.50. The molecule has 0 spiro atoms. The molecule has 3 aliphatic heterocycles. The topological polar surface area (TPSA) is 52.6 Å². The average molecular weight is 333 g/mol. The summed E-state index contributed by atoms with van der Waals surface area (Å²) < 4.78 is 13.9. The predicted molar refractivity (Wildman–Crippen MR) is 89.5 cm³/mol. The number of carbonyl (C=O) groups excluding carboxylic acids is 1. The van der Waals surface area contributed by atoms with Crippen LogP contribution in [0.2, 0.25) is 0 Å². The molecule has 2 bridgehead atoms. The first-order valence-electron chi connectivity index (χ1n) is 8.78. The van der Waals surface area contributed by atoms with Gasteiger partial charge in [0.05, 0.1) is 12.1 Å². The van der Waals surface area contributed by atoms with E-state index in [1.54, 1.807) is 19.0 Å². The summed E-state index contributed by atoms with van der Waals surface area (Å²) >= 11 is 0. The van der Waals surface area contributed by atoms with Gasteiger partial charge in [-0.05, 0) is 31.6 Å². The summed E-state index contributed by atoms with van der Waals surface area (Å²) in [5, 5.41) is 0. The largest absolute Gasteiger partial charge is 0.360 e. The Morgan fingerprint density at radius 1 is 1.25 bits per heavy atom. The summed E-state index contributed by atoms with van der Waals surface area (Å²) in [4.78, 5) is 27.2. The number of hydrogen-bond acceptors (Lipinski definition) is 5. The van der Waals surface area contributed by atoms with E-state index in [2.05, 4.69) is 19.8 Å². The molecule has 130 valence electrons. The lowest BCUT2D eigenvalue weighted by Crippen LogP contribution is -2.48. The van der Waals surface area contributed by atoms with Crippen molar-refractivity contribution in [3.8, 4) is 0 Å². The third-order valence-corrected chi connectivity index (χ3v) is 5.36. The lowest BCUT2D eigenvalue weighted by molar-refractivity contribution is -0.140. The molecule has 2 unspecified atom stereocenters. The van der Waals surface area contributed by atoms with E-state index in [1.165, 1.54) is 19.0 Å². The normalized spacial score (nSPS) is 26.7. The van der Waals surface area contributed by atoms with Crippen LogP contribution < -0.4 is 9.80 Å². The van der Waals surface area contributed by atoms with E-state index < -0.39 is 5.82 Å². The van der Waals surface area contributed by atoms with Crippen molar-refractivity contribution in [3.05, 3.63) is 12.0 Å². The van der Waals surface area contributed by atoms with Crippen molar-refractivity contribution in [3.63, 3.8) is 0 Å². The Labute approximate surface area is 141 Å². The second kappa shape index (κ2) is 5.86. The highest BCUT2D eigenvalue weighted by molar-refractivity contribution is 5.81. The van der Waals surface area contributed by atoms with Gasteiger partial charge in [0, 0.05) is 39.8 Å².